The summed E-state index contributed by atoms with van der Waals surface area (Å²) in [5.74, 6) is -6.79. The Kier molecular flexibility index (Phi) is 3.15. The van der Waals surface area contributed by atoms with Gasteiger partial charge in [-0.15, -0.1) is 0 Å². The molecular formula is C15H12O8. The maximum absolute atomic E-state index is 12.6. The number of benzene rings is 1. The Hall–Kier alpha value is -2.87. The maximum atomic E-state index is 12.6. The first-order chi connectivity index (χ1) is 10.8. The molecule has 2 aliphatic rings. The zero-order valence-corrected chi connectivity index (χ0v) is 11.6. The topological polar surface area (TPSA) is 141 Å². The van der Waals surface area contributed by atoms with E-state index >= 15 is 0 Å². The van der Waals surface area contributed by atoms with E-state index in [9.17, 15) is 34.8 Å². The average Bonchev–Trinajstić information content (AvgIpc) is 2.46. The normalized spacial score (nSPS) is 29.3. The van der Waals surface area contributed by atoms with Crippen molar-refractivity contribution in [2.75, 3.05) is 0 Å². The molecule has 0 aromatic heterocycles. The molecule has 0 saturated carbocycles. The Morgan fingerprint density at radius 3 is 2.48 bits per heavy atom. The Balaban J connectivity index is 2.23. The number of Topliss-reactive ketones (excluding diaryl/α,β-unsaturated/α-hetero) is 1. The Bertz CT molecular complexity index is 764. The number of carboxylic acid groups (broad SMARTS) is 2. The predicted octanol–water partition coefficient (Wildman–Crippen LogP) is 0.363. The summed E-state index contributed by atoms with van der Waals surface area (Å²) >= 11 is 0. The van der Waals surface area contributed by atoms with Crippen LogP contribution in [0.1, 0.15) is 16.8 Å². The van der Waals surface area contributed by atoms with Gasteiger partial charge < -0.3 is 25.2 Å². The van der Waals surface area contributed by atoms with Gasteiger partial charge in [-0.2, -0.15) is 0 Å². The first-order valence-corrected chi connectivity index (χ1v) is 6.70. The minimum absolute atomic E-state index is 0.0551. The molecule has 8 heteroatoms. The summed E-state index contributed by atoms with van der Waals surface area (Å²) in [4.78, 5) is 35.5. The second-order valence-corrected chi connectivity index (χ2v) is 5.40. The van der Waals surface area contributed by atoms with Crippen molar-refractivity contribution in [1.29, 1.82) is 0 Å². The number of aliphatic hydroxyl groups is 2. The third kappa shape index (κ3) is 1.92. The fourth-order valence-electron chi connectivity index (χ4n) is 3.15. The van der Waals surface area contributed by atoms with Gasteiger partial charge in [0.1, 0.15) is 29.1 Å². The standard InChI is InChI=1S/C15H12O8/c16-7-5-9-11(15(22,14(20)21)10(7)13(18)19)12(17)6-3-1-2-4-8(6)23-9/h1-4,9,11,16,22H,5H2,(H,18,19)(H,20,21). The van der Waals surface area contributed by atoms with Crippen LogP contribution in [0.15, 0.2) is 35.6 Å². The van der Waals surface area contributed by atoms with Crippen molar-refractivity contribution in [3.63, 3.8) is 0 Å². The molecule has 3 rings (SSSR count). The molecule has 8 nitrogen and oxygen atoms in total. The van der Waals surface area contributed by atoms with E-state index in [0.29, 0.717) is 0 Å². The molecule has 0 bridgehead atoms. The molecule has 0 fully saturated rings. The molecule has 120 valence electrons. The molecule has 1 heterocycles. The lowest BCUT2D eigenvalue weighted by Gasteiger charge is -2.43. The van der Waals surface area contributed by atoms with Crippen molar-refractivity contribution in [3.05, 3.63) is 41.2 Å². The Morgan fingerprint density at radius 2 is 1.87 bits per heavy atom. The molecule has 0 spiro atoms. The highest BCUT2D eigenvalue weighted by molar-refractivity contribution is 6.09. The van der Waals surface area contributed by atoms with E-state index < -0.39 is 46.7 Å². The zero-order chi connectivity index (χ0) is 16.9. The highest BCUT2D eigenvalue weighted by Crippen LogP contribution is 2.45. The second-order valence-electron chi connectivity index (χ2n) is 5.40. The number of carboxylic acids is 2. The molecule has 1 aliphatic heterocycles. The van der Waals surface area contributed by atoms with Crippen molar-refractivity contribution >= 4 is 17.7 Å². The van der Waals surface area contributed by atoms with Gasteiger partial charge in [0.05, 0.1) is 5.56 Å². The number of ether oxygens (including phenoxy) is 1. The monoisotopic (exact) mass is 320 g/mol. The lowest BCUT2D eigenvalue weighted by Crippen LogP contribution is -2.61. The van der Waals surface area contributed by atoms with Gasteiger partial charge in [-0.3, -0.25) is 4.79 Å². The van der Waals surface area contributed by atoms with E-state index in [4.69, 9.17) is 4.74 Å². The number of fused-ring (bicyclic) bond motifs is 2. The van der Waals surface area contributed by atoms with Crippen LogP contribution in [0, 0.1) is 5.92 Å². The molecule has 1 aliphatic carbocycles. The lowest BCUT2D eigenvalue weighted by atomic mass is 9.67. The summed E-state index contributed by atoms with van der Waals surface area (Å²) in [6, 6.07) is 6.04. The van der Waals surface area contributed by atoms with Gasteiger partial charge in [0.25, 0.3) is 0 Å². The number of rotatable bonds is 2. The van der Waals surface area contributed by atoms with Gasteiger partial charge in [-0.05, 0) is 12.1 Å². The lowest BCUT2D eigenvalue weighted by molar-refractivity contribution is -0.167. The van der Waals surface area contributed by atoms with Crippen LogP contribution in [0.2, 0.25) is 0 Å². The van der Waals surface area contributed by atoms with Gasteiger partial charge in [0.15, 0.2) is 5.78 Å². The molecule has 0 saturated heterocycles. The zero-order valence-electron chi connectivity index (χ0n) is 11.6. The van der Waals surface area contributed by atoms with E-state index in [-0.39, 0.29) is 17.7 Å². The number of para-hydroxylation sites is 1. The molecule has 0 amide bonds. The first kappa shape index (κ1) is 15.0. The summed E-state index contributed by atoms with van der Waals surface area (Å²) in [5, 5.41) is 39.0. The van der Waals surface area contributed by atoms with E-state index in [1.165, 1.54) is 18.2 Å². The van der Waals surface area contributed by atoms with Crippen LogP contribution >= 0.6 is 0 Å². The molecule has 3 atom stereocenters. The largest absolute Gasteiger partial charge is 0.511 e. The number of hydrogen-bond donors (Lipinski definition) is 4. The summed E-state index contributed by atoms with van der Waals surface area (Å²) in [7, 11) is 0. The van der Waals surface area contributed by atoms with Crippen molar-refractivity contribution in [2.45, 2.75) is 18.1 Å². The Morgan fingerprint density at radius 1 is 1.22 bits per heavy atom. The molecular weight excluding hydrogens is 308 g/mol. The maximum Gasteiger partial charge on any atom is 0.341 e. The predicted molar refractivity (Wildman–Crippen MR) is 73.2 cm³/mol. The molecule has 23 heavy (non-hydrogen) atoms. The number of ketones is 1. The molecule has 1 aromatic rings. The SMILES string of the molecule is O=C(O)C1=C(O)CC2Oc3ccccc3C(=O)C2C1(O)C(=O)O. The van der Waals surface area contributed by atoms with Crippen molar-refractivity contribution in [2.24, 2.45) is 5.92 Å². The van der Waals surface area contributed by atoms with Crippen LogP contribution in [0.25, 0.3) is 0 Å². The molecule has 0 radical (unpaired) electrons. The third-order valence-corrected chi connectivity index (χ3v) is 4.14. The number of hydrogen-bond acceptors (Lipinski definition) is 6. The summed E-state index contributed by atoms with van der Waals surface area (Å²) in [5.41, 5.74) is -4.13. The Labute approximate surface area is 129 Å². The van der Waals surface area contributed by atoms with Gasteiger partial charge in [0.2, 0.25) is 5.60 Å². The van der Waals surface area contributed by atoms with Crippen LogP contribution < -0.4 is 4.74 Å². The third-order valence-electron chi connectivity index (χ3n) is 4.14. The second kappa shape index (κ2) is 4.82. The van der Waals surface area contributed by atoms with Gasteiger partial charge >= 0.3 is 11.9 Å². The van der Waals surface area contributed by atoms with Gasteiger partial charge in [0, 0.05) is 6.42 Å². The highest BCUT2D eigenvalue weighted by atomic mass is 16.5. The van der Waals surface area contributed by atoms with Crippen molar-refractivity contribution in [3.8, 4) is 5.75 Å². The first-order valence-electron chi connectivity index (χ1n) is 6.70. The molecule has 4 N–H and O–H groups in total. The smallest absolute Gasteiger partial charge is 0.341 e. The average molecular weight is 320 g/mol. The minimum atomic E-state index is -3.08. The van der Waals surface area contributed by atoms with E-state index in [1.807, 2.05) is 0 Å². The van der Waals surface area contributed by atoms with E-state index in [0.717, 1.165) is 0 Å². The summed E-state index contributed by atoms with van der Waals surface area (Å²) < 4.78 is 5.52. The van der Waals surface area contributed by atoms with Crippen molar-refractivity contribution in [1.82, 2.24) is 0 Å². The van der Waals surface area contributed by atoms with Crippen LogP contribution in [0.5, 0.6) is 5.75 Å². The van der Waals surface area contributed by atoms with E-state index in [2.05, 4.69) is 0 Å². The fraction of sp³-hybridized carbons (Fsp3) is 0.267. The van der Waals surface area contributed by atoms with Crippen LogP contribution in [0.4, 0.5) is 0 Å². The van der Waals surface area contributed by atoms with Crippen LogP contribution in [-0.2, 0) is 9.59 Å². The highest BCUT2D eigenvalue weighted by Gasteiger charge is 2.62. The van der Waals surface area contributed by atoms with E-state index in [1.54, 1.807) is 6.07 Å². The van der Waals surface area contributed by atoms with Crippen LogP contribution in [-0.4, -0.2) is 49.9 Å². The number of carbonyl (C=O) groups is 3. The number of carbonyl (C=O) groups excluding carboxylic acids is 1. The summed E-state index contributed by atoms with van der Waals surface area (Å²) in [6.07, 6.45) is -1.57. The van der Waals surface area contributed by atoms with Gasteiger partial charge in [-0.1, -0.05) is 12.1 Å². The number of aliphatic carboxylic acids is 2. The minimum Gasteiger partial charge on any atom is -0.511 e. The molecule has 3 unspecified atom stereocenters. The fourth-order valence-corrected chi connectivity index (χ4v) is 3.15. The number of aliphatic hydroxyl groups excluding tert-OH is 1. The summed E-state index contributed by atoms with van der Waals surface area (Å²) in [6.45, 7) is 0. The quantitative estimate of drug-likeness (QED) is 0.612. The van der Waals surface area contributed by atoms with Crippen molar-refractivity contribution < 1.29 is 39.5 Å². The van der Waals surface area contributed by atoms with Gasteiger partial charge in [-0.25, -0.2) is 9.59 Å². The molecule has 1 aromatic carbocycles. The van der Waals surface area contributed by atoms with Crippen LogP contribution in [0.3, 0.4) is 0 Å².